The molecule has 0 radical (unpaired) electrons. The van der Waals surface area contributed by atoms with E-state index in [1.165, 1.54) is 4.31 Å². The first-order valence-corrected chi connectivity index (χ1v) is 13.0. The molecule has 1 atom stereocenters. The van der Waals surface area contributed by atoms with Crippen LogP contribution in [0.15, 0.2) is 47.4 Å². The topological polar surface area (TPSA) is 76.2 Å². The fourth-order valence-corrected chi connectivity index (χ4v) is 6.08. The number of morpholine rings is 1. The van der Waals surface area contributed by atoms with Crippen molar-refractivity contribution in [1.82, 2.24) is 4.31 Å². The largest absolute Gasteiger partial charge is 0.497 e. The van der Waals surface area contributed by atoms with E-state index in [0.29, 0.717) is 49.8 Å². The number of hydrogen-bond acceptors (Lipinski definition) is 5. The fourth-order valence-electron chi connectivity index (χ4n) is 4.35. The lowest BCUT2D eigenvalue weighted by molar-refractivity contribution is 0.0730. The average Bonchev–Trinajstić information content (AvgIpc) is 3.70. The average molecular weight is 473 g/mol. The van der Waals surface area contributed by atoms with Crippen molar-refractivity contribution in [2.24, 2.45) is 5.92 Å². The zero-order chi connectivity index (χ0) is 23.6. The van der Waals surface area contributed by atoms with Crippen molar-refractivity contribution in [3.05, 3.63) is 53.6 Å². The van der Waals surface area contributed by atoms with Gasteiger partial charge >= 0.3 is 0 Å². The molecule has 2 fully saturated rings. The molecular weight excluding hydrogens is 440 g/mol. The second-order valence-corrected chi connectivity index (χ2v) is 10.6. The number of carbonyl (C=O) groups excluding carboxylic acids is 1. The van der Waals surface area contributed by atoms with Gasteiger partial charge < -0.3 is 14.4 Å². The highest BCUT2D eigenvalue weighted by atomic mass is 32.2. The van der Waals surface area contributed by atoms with Crippen molar-refractivity contribution in [3.8, 4) is 5.75 Å². The maximum Gasteiger partial charge on any atom is 0.258 e. The van der Waals surface area contributed by atoms with Gasteiger partial charge in [-0.3, -0.25) is 4.79 Å². The first-order valence-electron chi connectivity index (χ1n) is 11.5. The molecule has 0 aromatic heterocycles. The number of benzene rings is 2. The molecule has 178 valence electrons. The van der Waals surface area contributed by atoms with Gasteiger partial charge in [-0.25, -0.2) is 8.42 Å². The summed E-state index contributed by atoms with van der Waals surface area (Å²) in [6.07, 6.45) is 2.74. The lowest BCUT2D eigenvalue weighted by Crippen LogP contribution is -2.41. The summed E-state index contributed by atoms with van der Waals surface area (Å²) in [6, 6.07) is 12.5. The predicted octanol–water partition coefficient (Wildman–Crippen LogP) is 3.72. The Balaban J connectivity index is 1.72. The van der Waals surface area contributed by atoms with Gasteiger partial charge in [0, 0.05) is 30.4 Å². The molecule has 0 N–H and O–H groups in total. The summed E-state index contributed by atoms with van der Waals surface area (Å²) in [6.45, 7) is 5.38. The van der Waals surface area contributed by atoms with Gasteiger partial charge in [0.05, 0.1) is 25.2 Å². The van der Waals surface area contributed by atoms with E-state index < -0.39 is 10.0 Å². The standard InChI is InChI=1S/C25H32N2O5S/c1-4-19-5-8-21(17-24(19)33(29,30)26-13-15-32-16-14-26)25(28)27(18(2)20-6-7-20)22-9-11-23(31-3)12-10-22/h5,8-12,17-18,20H,4,6-7,13-16H2,1-3H3. The summed E-state index contributed by atoms with van der Waals surface area (Å²) in [5.41, 5.74) is 1.86. The fraction of sp³-hybridized carbons (Fsp3) is 0.480. The Morgan fingerprint density at radius 3 is 2.39 bits per heavy atom. The molecule has 1 saturated carbocycles. The summed E-state index contributed by atoms with van der Waals surface area (Å²) in [5.74, 6) is 0.972. The normalized spacial score (nSPS) is 18.0. The van der Waals surface area contributed by atoms with Crippen LogP contribution >= 0.6 is 0 Å². The van der Waals surface area contributed by atoms with E-state index in [2.05, 4.69) is 6.92 Å². The number of rotatable bonds is 8. The molecule has 1 aliphatic carbocycles. The second-order valence-electron chi connectivity index (χ2n) is 8.64. The minimum atomic E-state index is -3.72. The molecule has 2 aromatic carbocycles. The van der Waals surface area contributed by atoms with Crippen LogP contribution in [0.3, 0.4) is 0 Å². The number of ether oxygens (including phenoxy) is 2. The van der Waals surface area contributed by atoms with Crippen molar-refractivity contribution in [2.75, 3.05) is 38.3 Å². The number of methoxy groups -OCH3 is 1. The van der Waals surface area contributed by atoms with E-state index in [1.807, 2.05) is 31.2 Å². The third kappa shape index (κ3) is 4.93. The summed E-state index contributed by atoms with van der Waals surface area (Å²) in [5, 5.41) is 0. The monoisotopic (exact) mass is 472 g/mol. The van der Waals surface area contributed by atoms with E-state index >= 15 is 0 Å². The zero-order valence-electron chi connectivity index (χ0n) is 19.5. The quantitative estimate of drug-likeness (QED) is 0.585. The molecule has 1 heterocycles. The predicted molar refractivity (Wildman–Crippen MR) is 127 cm³/mol. The Bertz CT molecular complexity index is 1090. The number of hydrogen-bond donors (Lipinski definition) is 0. The highest BCUT2D eigenvalue weighted by Crippen LogP contribution is 2.38. The minimum absolute atomic E-state index is 0.0102. The maximum absolute atomic E-state index is 13.8. The van der Waals surface area contributed by atoms with E-state index in [-0.39, 0.29) is 16.8 Å². The van der Waals surface area contributed by atoms with Crippen molar-refractivity contribution in [3.63, 3.8) is 0 Å². The van der Waals surface area contributed by atoms with Crippen LogP contribution in [0.5, 0.6) is 5.75 Å². The molecule has 1 saturated heterocycles. The van der Waals surface area contributed by atoms with E-state index in [9.17, 15) is 13.2 Å². The van der Waals surface area contributed by atoms with Crippen LogP contribution < -0.4 is 9.64 Å². The first kappa shape index (κ1) is 23.7. The van der Waals surface area contributed by atoms with Gasteiger partial charge in [-0.1, -0.05) is 13.0 Å². The zero-order valence-corrected chi connectivity index (χ0v) is 20.3. The molecule has 1 aliphatic heterocycles. The number of aryl methyl sites for hydroxylation is 1. The van der Waals surface area contributed by atoms with Gasteiger partial charge in [0.1, 0.15) is 5.75 Å². The lowest BCUT2D eigenvalue weighted by Gasteiger charge is -2.30. The van der Waals surface area contributed by atoms with E-state index in [0.717, 1.165) is 24.3 Å². The van der Waals surface area contributed by atoms with Gasteiger partial charge in [0.25, 0.3) is 5.91 Å². The van der Waals surface area contributed by atoms with Crippen LogP contribution in [0.4, 0.5) is 5.69 Å². The molecule has 0 spiro atoms. The van der Waals surface area contributed by atoms with Crippen LogP contribution in [-0.4, -0.2) is 58.1 Å². The van der Waals surface area contributed by atoms with Gasteiger partial charge in [0.15, 0.2) is 0 Å². The molecule has 1 unspecified atom stereocenters. The molecule has 0 bridgehead atoms. The second kappa shape index (κ2) is 9.83. The maximum atomic E-state index is 13.8. The SMILES string of the molecule is CCc1ccc(C(=O)N(c2ccc(OC)cc2)C(C)C2CC2)cc1S(=O)(=O)N1CCOCC1. The smallest absolute Gasteiger partial charge is 0.258 e. The number of carbonyl (C=O) groups is 1. The molecule has 4 rings (SSSR count). The summed E-state index contributed by atoms with van der Waals surface area (Å²) in [7, 11) is -2.11. The van der Waals surface area contributed by atoms with E-state index in [4.69, 9.17) is 9.47 Å². The van der Waals surface area contributed by atoms with Gasteiger partial charge in [0.2, 0.25) is 10.0 Å². The van der Waals surface area contributed by atoms with E-state index in [1.54, 1.807) is 30.2 Å². The minimum Gasteiger partial charge on any atom is -0.497 e. The number of amides is 1. The van der Waals surface area contributed by atoms with Crippen molar-refractivity contribution >= 4 is 21.6 Å². The Morgan fingerprint density at radius 1 is 1.15 bits per heavy atom. The van der Waals surface area contributed by atoms with Crippen LogP contribution in [0.2, 0.25) is 0 Å². The number of nitrogens with zero attached hydrogens (tertiary/aromatic N) is 2. The van der Waals surface area contributed by atoms with Crippen LogP contribution in [-0.2, 0) is 21.2 Å². The third-order valence-corrected chi connectivity index (χ3v) is 8.54. The van der Waals surface area contributed by atoms with Crippen molar-refractivity contribution in [2.45, 2.75) is 44.0 Å². The van der Waals surface area contributed by atoms with Crippen LogP contribution in [0.1, 0.15) is 42.6 Å². The van der Waals surface area contributed by atoms with Gasteiger partial charge in [-0.05, 0) is 74.1 Å². The van der Waals surface area contributed by atoms with Crippen molar-refractivity contribution < 1.29 is 22.7 Å². The third-order valence-electron chi connectivity index (χ3n) is 6.56. The molecule has 7 nitrogen and oxygen atoms in total. The molecule has 2 aliphatic rings. The van der Waals surface area contributed by atoms with Gasteiger partial charge in [-0.2, -0.15) is 4.31 Å². The molecule has 33 heavy (non-hydrogen) atoms. The summed E-state index contributed by atoms with van der Waals surface area (Å²) < 4.78 is 38.9. The van der Waals surface area contributed by atoms with Gasteiger partial charge in [-0.15, -0.1) is 0 Å². The van der Waals surface area contributed by atoms with Crippen LogP contribution in [0.25, 0.3) is 0 Å². The molecule has 1 amide bonds. The molecule has 8 heteroatoms. The Labute approximate surface area is 196 Å². The summed E-state index contributed by atoms with van der Waals surface area (Å²) in [4.78, 5) is 15.8. The van der Waals surface area contributed by atoms with Crippen molar-refractivity contribution in [1.29, 1.82) is 0 Å². The Hall–Kier alpha value is -2.42. The summed E-state index contributed by atoms with van der Waals surface area (Å²) >= 11 is 0. The first-order chi connectivity index (χ1) is 15.9. The highest BCUT2D eigenvalue weighted by molar-refractivity contribution is 7.89. The molecule has 2 aromatic rings. The Kier molecular flexibility index (Phi) is 7.07. The van der Waals surface area contributed by atoms with Crippen LogP contribution in [0, 0.1) is 5.92 Å². The Morgan fingerprint density at radius 2 is 1.82 bits per heavy atom. The number of anilines is 1. The lowest BCUT2D eigenvalue weighted by atomic mass is 10.1. The highest BCUT2D eigenvalue weighted by Gasteiger charge is 2.36. The number of sulfonamides is 1. The molecular formula is C25H32N2O5S.